The van der Waals surface area contributed by atoms with Gasteiger partial charge in [-0.25, -0.2) is 9.18 Å². The molecular formula is C19H16FN3O4. The molecule has 138 valence electrons. The molecule has 0 aliphatic heterocycles. The van der Waals surface area contributed by atoms with Gasteiger partial charge < -0.3 is 14.5 Å². The number of hydrogen-bond acceptors (Lipinski definition) is 6. The lowest BCUT2D eigenvalue weighted by atomic mass is 10.2. The quantitative estimate of drug-likeness (QED) is 0.672. The highest BCUT2D eigenvalue weighted by atomic mass is 19.1. The number of halogens is 1. The van der Waals surface area contributed by atoms with Crippen LogP contribution in [0.2, 0.25) is 0 Å². The van der Waals surface area contributed by atoms with Gasteiger partial charge in [-0.1, -0.05) is 30.3 Å². The van der Waals surface area contributed by atoms with E-state index in [1.54, 1.807) is 43.3 Å². The van der Waals surface area contributed by atoms with Gasteiger partial charge in [0.2, 0.25) is 6.04 Å². The van der Waals surface area contributed by atoms with Crippen molar-refractivity contribution in [2.24, 2.45) is 0 Å². The molecule has 0 radical (unpaired) electrons. The minimum Gasteiger partial charge on any atom is -0.464 e. The van der Waals surface area contributed by atoms with Crippen LogP contribution >= 0.6 is 0 Å². The molecule has 1 amide bonds. The third-order valence-electron chi connectivity index (χ3n) is 3.63. The molecule has 1 heterocycles. The second-order valence-corrected chi connectivity index (χ2v) is 5.45. The minimum atomic E-state index is -1.31. The maximum absolute atomic E-state index is 13.9. The Labute approximate surface area is 154 Å². The Morgan fingerprint density at radius 3 is 2.52 bits per heavy atom. The van der Waals surface area contributed by atoms with Crippen LogP contribution in [0.3, 0.4) is 0 Å². The molecule has 8 heteroatoms. The predicted octanol–water partition coefficient (Wildman–Crippen LogP) is 2.91. The lowest BCUT2D eigenvalue weighted by Crippen LogP contribution is -2.35. The molecule has 0 fully saturated rings. The van der Waals surface area contributed by atoms with Crippen molar-refractivity contribution in [1.29, 1.82) is 0 Å². The van der Waals surface area contributed by atoms with Crippen LogP contribution in [0.4, 0.5) is 4.39 Å². The zero-order valence-corrected chi connectivity index (χ0v) is 14.4. The molecule has 0 saturated heterocycles. The molecule has 2 aromatic carbocycles. The van der Waals surface area contributed by atoms with Crippen LogP contribution in [-0.4, -0.2) is 28.7 Å². The molecular weight excluding hydrogens is 353 g/mol. The molecule has 0 saturated carbocycles. The molecule has 1 aromatic heterocycles. The van der Waals surface area contributed by atoms with Crippen molar-refractivity contribution in [3.05, 3.63) is 71.9 Å². The standard InChI is InChI=1S/C19H16FN3O4/c1-2-26-19(25)15(21-16(24)12-8-4-3-5-9-12)18-23-22-17(27-18)13-10-6-7-11-14(13)20/h3-11,15H,2H2,1H3,(H,21,24). The van der Waals surface area contributed by atoms with Gasteiger partial charge in [0.25, 0.3) is 17.7 Å². The summed E-state index contributed by atoms with van der Waals surface area (Å²) in [5.74, 6) is -2.12. The van der Waals surface area contributed by atoms with Crippen LogP contribution in [0.15, 0.2) is 59.0 Å². The molecule has 0 aliphatic rings. The number of benzene rings is 2. The Morgan fingerprint density at radius 2 is 1.81 bits per heavy atom. The Bertz CT molecular complexity index is 943. The maximum atomic E-state index is 13.9. The number of carbonyl (C=O) groups is 2. The number of aromatic nitrogens is 2. The minimum absolute atomic E-state index is 0.0910. The van der Waals surface area contributed by atoms with E-state index in [-0.39, 0.29) is 24.0 Å². The number of nitrogens with one attached hydrogen (secondary N) is 1. The second-order valence-electron chi connectivity index (χ2n) is 5.45. The first-order chi connectivity index (χ1) is 13.1. The first-order valence-corrected chi connectivity index (χ1v) is 8.21. The fourth-order valence-corrected chi connectivity index (χ4v) is 2.35. The van der Waals surface area contributed by atoms with Crippen LogP contribution in [0.1, 0.15) is 29.2 Å². The molecule has 1 N–H and O–H groups in total. The van der Waals surface area contributed by atoms with Crippen LogP contribution < -0.4 is 5.32 Å². The number of carbonyl (C=O) groups excluding carboxylic acids is 2. The van der Waals surface area contributed by atoms with Crippen molar-refractivity contribution >= 4 is 11.9 Å². The zero-order valence-electron chi connectivity index (χ0n) is 14.4. The number of nitrogens with zero attached hydrogens (tertiary/aromatic N) is 2. The SMILES string of the molecule is CCOC(=O)C(NC(=O)c1ccccc1)c1nnc(-c2ccccc2F)o1. The Balaban J connectivity index is 1.89. The summed E-state index contributed by atoms with van der Waals surface area (Å²) in [6, 6.07) is 12.9. The molecule has 0 aliphatic carbocycles. The van der Waals surface area contributed by atoms with Crippen LogP contribution in [0, 0.1) is 5.82 Å². The van der Waals surface area contributed by atoms with Crippen molar-refractivity contribution in [1.82, 2.24) is 15.5 Å². The Morgan fingerprint density at radius 1 is 1.11 bits per heavy atom. The van der Waals surface area contributed by atoms with E-state index in [0.717, 1.165) is 0 Å². The van der Waals surface area contributed by atoms with E-state index in [1.165, 1.54) is 18.2 Å². The van der Waals surface area contributed by atoms with Gasteiger partial charge in [0.1, 0.15) is 5.82 Å². The highest BCUT2D eigenvalue weighted by molar-refractivity contribution is 5.96. The van der Waals surface area contributed by atoms with Crippen molar-refractivity contribution in [3.8, 4) is 11.5 Å². The topological polar surface area (TPSA) is 94.3 Å². The number of hydrogen-bond donors (Lipinski definition) is 1. The lowest BCUT2D eigenvalue weighted by molar-refractivity contribution is -0.146. The third kappa shape index (κ3) is 4.17. The van der Waals surface area contributed by atoms with Crippen LogP contribution in [0.25, 0.3) is 11.5 Å². The molecule has 3 rings (SSSR count). The predicted molar refractivity (Wildman–Crippen MR) is 93.0 cm³/mol. The molecule has 7 nitrogen and oxygen atoms in total. The van der Waals surface area contributed by atoms with E-state index in [9.17, 15) is 14.0 Å². The summed E-state index contributed by atoms with van der Waals surface area (Å²) < 4.78 is 24.3. The van der Waals surface area contributed by atoms with Crippen molar-refractivity contribution < 1.29 is 23.1 Å². The average Bonchev–Trinajstić information content (AvgIpc) is 3.16. The number of amides is 1. The summed E-state index contributed by atoms with van der Waals surface area (Å²) in [6.45, 7) is 1.73. The summed E-state index contributed by atoms with van der Waals surface area (Å²) >= 11 is 0. The van der Waals surface area contributed by atoms with Gasteiger partial charge in [-0.15, -0.1) is 10.2 Å². The first-order valence-electron chi connectivity index (χ1n) is 8.21. The maximum Gasteiger partial charge on any atom is 0.338 e. The molecule has 0 bridgehead atoms. The Kier molecular flexibility index (Phi) is 5.55. The summed E-state index contributed by atoms with van der Waals surface area (Å²) in [4.78, 5) is 24.7. The summed E-state index contributed by atoms with van der Waals surface area (Å²) in [6.07, 6.45) is 0. The van der Waals surface area contributed by atoms with Gasteiger partial charge in [0, 0.05) is 5.56 Å². The number of ether oxygens (including phenoxy) is 1. The third-order valence-corrected chi connectivity index (χ3v) is 3.63. The van der Waals surface area contributed by atoms with Gasteiger partial charge >= 0.3 is 5.97 Å². The number of rotatable bonds is 6. The second kappa shape index (κ2) is 8.22. The fourth-order valence-electron chi connectivity index (χ4n) is 2.35. The van der Waals surface area contributed by atoms with Crippen molar-refractivity contribution in [2.45, 2.75) is 13.0 Å². The average molecular weight is 369 g/mol. The fraction of sp³-hybridized carbons (Fsp3) is 0.158. The van der Waals surface area contributed by atoms with Gasteiger partial charge in [-0.05, 0) is 31.2 Å². The highest BCUT2D eigenvalue weighted by Gasteiger charge is 2.30. The van der Waals surface area contributed by atoms with Gasteiger partial charge in [-0.2, -0.15) is 0 Å². The van der Waals surface area contributed by atoms with Crippen molar-refractivity contribution in [3.63, 3.8) is 0 Å². The van der Waals surface area contributed by atoms with Gasteiger partial charge in [0.05, 0.1) is 12.2 Å². The molecule has 27 heavy (non-hydrogen) atoms. The monoisotopic (exact) mass is 369 g/mol. The lowest BCUT2D eigenvalue weighted by Gasteiger charge is -2.13. The van der Waals surface area contributed by atoms with E-state index in [1.807, 2.05) is 0 Å². The molecule has 3 aromatic rings. The van der Waals surface area contributed by atoms with Gasteiger partial charge in [-0.3, -0.25) is 4.79 Å². The van der Waals surface area contributed by atoms with E-state index in [2.05, 4.69) is 15.5 Å². The Hall–Kier alpha value is -3.55. The van der Waals surface area contributed by atoms with Crippen molar-refractivity contribution in [2.75, 3.05) is 6.61 Å². The zero-order chi connectivity index (χ0) is 19.2. The normalized spacial score (nSPS) is 11.6. The molecule has 1 atom stereocenters. The number of esters is 1. The smallest absolute Gasteiger partial charge is 0.338 e. The summed E-state index contributed by atoms with van der Waals surface area (Å²) in [7, 11) is 0. The largest absolute Gasteiger partial charge is 0.464 e. The van der Waals surface area contributed by atoms with E-state index in [0.29, 0.717) is 5.56 Å². The summed E-state index contributed by atoms with van der Waals surface area (Å²) in [5.41, 5.74) is 0.439. The van der Waals surface area contributed by atoms with Crippen LogP contribution in [-0.2, 0) is 9.53 Å². The first kappa shape index (κ1) is 18.2. The highest BCUT2D eigenvalue weighted by Crippen LogP contribution is 2.24. The van der Waals surface area contributed by atoms with E-state index < -0.39 is 23.7 Å². The van der Waals surface area contributed by atoms with E-state index >= 15 is 0 Å². The molecule has 0 spiro atoms. The summed E-state index contributed by atoms with van der Waals surface area (Å²) in [5, 5.41) is 10.1. The molecule has 1 unspecified atom stereocenters. The van der Waals surface area contributed by atoms with Gasteiger partial charge in [0.15, 0.2) is 0 Å². The van der Waals surface area contributed by atoms with E-state index in [4.69, 9.17) is 9.15 Å². The van der Waals surface area contributed by atoms with Crippen LogP contribution in [0.5, 0.6) is 0 Å².